The van der Waals surface area contributed by atoms with Gasteiger partial charge in [0.1, 0.15) is 11.4 Å². The van der Waals surface area contributed by atoms with Crippen molar-refractivity contribution < 1.29 is 4.39 Å². The fraction of sp³-hybridized carbons (Fsp3) is 0.172. The van der Waals surface area contributed by atoms with E-state index in [-0.39, 0.29) is 11.7 Å². The highest BCUT2D eigenvalue weighted by Gasteiger charge is 2.20. The molecule has 4 aromatic heterocycles. The number of hydrogen-bond acceptors (Lipinski definition) is 6. The summed E-state index contributed by atoms with van der Waals surface area (Å²) in [6, 6.07) is 5.87. The van der Waals surface area contributed by atoms with Crippen LogP contribution in [0.1, 0.15) is 37.7 Å². The van der Waals surface area contributed by atoms with E-state index in [1.165, 1.54) is 0 Å². The molecule has 0 saturated heterocycles. The van der Waals surface area contributed by atoms with Crippen molar-refractivity contribution in [2.75, 3.05) is 5.32 Å². The zero-order chi connectivity index (χ0) is 26.5. The standard InChI is InChI=1S/C29H30FN7/c1-7-20(14-22(8-2)34-17(3)4)29-26(30)25-24(16-33-29)36-37-28(25)19(6)35-23-11-13-32-27(18(23)5)21-10-9-12-31-15-21/h7-17,34H,2,6H2,1,3-5H3,(H,32,35)(H,36,37)/b20-7+,22-14+. The summed E-state index contributed by atoms with van der Waals surface area (Å²) in [6.45, 7) is 15.9. The Bertz CT molecular complexity index is 1510. The number of aromatic amines is 1. The Morgan fingerprint density at radius 1 is 1.14 bits per heavy atom. The molecule has 0 fully saturated rings. The number of aromatic nitrogens is 5. The van der Waals surface area contributed by atoms with Gasteiger partial charge in [-0.2, -0.15) is 5.10 Å². The maximum absolute atomic E-state index is 16.0. The minimum absolute atomic E-state index is 0.202. The molecule has 0 unspecified atom stereocenters. The normalized spacial score (nSPS) is 12.2. The zero-order valence-corrected chi connectivity index (χ0v) is 21.4. The predicted molar refractivity (Wildman–Crippen MR) is 149 cm³/mol. The van der Waals surface area contributed by atoms with E-state index in [0.717, 1.165) is 28.2 Å². The van der Waals surface area contributed by atoms with Crippen LogP contribution in [-0.2, 0) is 0 Å². The molecule has 0 spiro atoms. The highest BCUT2D eigenvalue weighted by atomic mass is 19.1. The number of anilines is 1. The van der Waals surface area contributed by atoms with Gasteiger partial charge in [-0.25, -0.2) is 4.39 Å². The third kappa shape index (κ3) is 5.33. The summed E-state index contributed by atoms with van der Waals surface area (Å²) in [7, 11) is 0. The maximum atomic E-state index is 16.0. The fourth-order valence-corrected chi connectivity index (χ4v) is 4.03. The second-order valence-electron chi connectivity index (χ2n) is 8.81. The summed E-state index contributed by atoms with van der Waals surface area (Å²) in [6.07, 6.45) is 12.1. The third-order valence-electron chi connectivity index (χ3n) is 5.83. The molecule has 0 aliphatic heterocycles. The average molecular weight is 496 g/mol. The molecule has 7 nitrogen and oxygen atoms in total. The Balaban J connectivity index is 1.71. The van der Waals surface area contributed by atoms with Crippen molar-refractivity contribution in [2.24, 2.45) is 0 Å². The molecule has 0 radical (unpaired) electrons. The van der Waals surface area contributed by atoms with Gasteiger partial charge in [0.2, 0.25) is 0 Å². The minimum Gasteiger partial charge on any atom is -0.383 e. The van der Waals surface area contributed by atoms with Crippen LogP contribution in [0, 0.1) is 12.7 Å². The van der Waals surface area contributed by atoms with Crippen LogP contribution < -0.4 is 10.6 Å². The molecular weight excluding hydrogens is 465 g/mol. The summed E-state index contributed by atoms with van der Waals surface area (Å²) < 4.78 is 16.0. The fourth-order valence-electron chi connectivity index (χ4n) is 4.03. The SMILES string of the molecule is C=C/C(=C\C(=C/C)c1ncc2[nH]nc(C(=C)Nc3ccnc(-c4cccnc4)c3C)c2c1F)NC(C)C. The van der Waals surface area contributed by atoms with Crippen molar-refractivity contribution in [3.63, 3.8) is 0 Å². The van der Waals surface area contributed by atoms with E-state index in [4.69, 9.17) is 0 Å². The first kappa shape index (κ1) is 25.5. The van der Waals surface area contributed by atoms with E-state index < -0.39 is 5.82 Å². The molecule has 4 aromatic rings. The van der Waals surface area contributed by atoms with Crippen molar-refractivity contribution in [1.82, 2.24) is 30.5 Å². The molecule has 4 heterocycles. The smallest absolute Gasteiger partial charge is 0.161 e. The molecule has 0 amide bonds. The molecule has 4 rings (SSSR count). The molecule has 0 saturated carbocycles. The van der Waals surface area contributed by atoms with Crippen molar-refractivity contribution >= 4 is 27.9 Å². The Kier molecular flexibility index (Phi) is 7.57. The molecule has 0 bridgehead atoms. The van der Waals surface area contributed by atoms with Gasteiger partial charge in [-0.15, -0.1) is 0 Å². The van der Waals surface area contributed by atoms with Crippen LogP contribution >= 0.6 is 0 Å². The van der Waals surface area contributed by atoms with Crippen LogP contribution in [0.3, 0.4) is 0 Å². The van der Waals surface area contributed by atoms with Gasteiger partial charge >= 0.3 is 0 Å². The highest BCUT2D eigenvalue weighted by molar-refractivity contribution is 5.95. The number of nitrogens with zero attached hydrogens (tertiary/aromatic N) is 4. The van der Waals surface area contributed by atoms with E-state index in [9.17, 15) is 0 Å². The Labute approximate surface area is 216 Å². The van der Waals surface area contributed by atoms with Gasteiger partial charge in [0, 0.05) is 47.2 Å². The number of pyridine rings is 3. The van der Waals surface area contributed by atoms with Gasteiger partial charge in [0.05, 0.1) is 28.5 Å². The minimum atomic E-state index is -0.482. The van der Waals surface area contributed by atoms with Gasteiger partial charge in [0.15, 0.2) is 5.82 Å². The Morgan fingerprint density at radius 3 is 2.62 bits per heavy atom. The summed E-state index contributed by atoms with van der Waals surface area (Å²) in [5.74, 6) is -0.482. The quantitative estimate of drug-likeness (QED) is 0.232. The lowest BCUT2D eigenvalue weighted by atomic mass is 10.1. The van der Waals surface area contributed by atoms with Gasteiger partial charge in [-0.05, 0) is 63.6 Å². The van der Waals surface area contributed by atoms with Crippen molar-refractivity contribution in [2.45, 2.75) is 33.7 Å². The van der Waals surface area contributed by atoms with Crippen LogP contribution in [0.4, 0.5) is 10.1 Å². The Morgan fingerprint density at radius 2 is 1.95 bits per heavy atom. The highest BCUT2D eigenvalue weighted by Crippen LogP contribution is 2.32. The molecule has 188 valence electrons. The average Bonchev–Trinajstić information content (AvgIpc) is 3.34. The number of fused-ring (bicyclic) bond motifs is 1. The predicted octanol–water partition coefficient (Wildman–Crippen LogP) is 6.42. The van der Waals surface area contributed by atoms with Gasteiger partial charge in [-0.1, -0.05) is 19.2 Å². The lowest BCUT2D eigenvalue weighted by Crippen LogP contribution is -2.20. The van der Waals surface area contributed by atoms with Crippen LogP contribution in [0.15, 0.2) is 80.1 Å². The lowest BCUT2D eigenvalue weighted by molar-refractivity contribution is 0.629. The first-order valence-electron chi connectivity index (χ1n) is 12.0. The van der Waals surface area contributed by atoms with Crippen LogP contribution in [0.2, 0.25) is 0 Å². The number of hydrogen-bond donors (Lipinski definition) is 3. The summed E-state index contributed by atoms with van der Waals surface area (Å²) in [5.41, 5.74) is 6.32. The molecule has 8 heteroatoms. The first-order valence-corrected chi connectivity index (χ1v) is 12.0. The summed E-state index contributed by atoms with van der Waals surface area (Å²) in [4.78, 5) is 13.1. The number of allylic oxidation sites excluding steroid dienone is 4. The molecular formula is C29H30FN7. The summed E-state index contributed by atoms with van der Waals surface area (Å²) >= 11 is 0. The second-order valence-corrected chi connectivity index (χ2v) is 8.81. The van der Waals surface area contributed by atoms with Crippen molar-refractivity contribution in [1.29, 1.82) is 0 Å². The van der Waals surface area contributed by atoms with E-state index in [1.54, 1.807) is 30.9 Å². The van der Waals surface area contributed by atoms with Gasteiger partial charge < -0.3 is 10.6 Å². The Hall–Kier alpha value is -4.59. The van der Waals surface area contributed by atoms with Crippen LogP contribution in [0.25, 0.3) is 33.4 Å². The van der Waals surface area contributed by atoms with Gasteiger partial charge in [0.25, 0.3) is 0 Å². The topological polar surface area (TPSA) is 91.4 Å². The van der Waals surface area contributed by atoms with Gasteiger partial charge in [-0.3, -0.25) is 20.1 Å². The first-order chi connectivity index (χ1) is 17.8. The zero-order valence-electron chi connectivity index (χ0n) is 21.4. The second kappa shape index (κ2) is 11.0. The van der Waals surface area contributed by atoms with E-state index >= 15 is 4.39 Å². The molecule has 0 aliphatic carbocycles. The number of H-pyrrole nitrogens is 1. The van der Waals surface area contributed by atoms with E-state index in [1.807, 2.05) is 58.0 Å². The number of rotatable bonds is 9. The third-order valence-corrected chi connectivity index (χ3v) is 5.83. The van der Waals surface area contributed by atoms with Crippen LogP contribution in [0.5, 0.6) is 0 Å². The van der Waals surface area contributed by atoms with E-state index in [0.29, 0.717) is 27.9 Å². The van der Waals surface area contributed by atoms with E-state index in [2.05, 4.69) is 48.9 Å². The number of halogens is 1. The van der Waals surface area contributed by atoms with Crippen LogP contribution in [-0.4, -0.2) is 31.2 Å². The summed E-state index contributed by atoms with van der Waals surface area (Å²) in [5, 5.41) is 14.1. The molecule has 0 atom stereocenters. The lowest BCUT2D eigenvalue weighted by Gasteiger charge is -2.14. The monoisotopic (exact) mass is 495 g/mol. The van der Waals surface area contributed by atoms with Crippen molar-refractivity contribution in [3.05, 3.63) is 103 Å². The molecule has 0 aromatic carbocycles. The molecule has 0 aliphatic rings. The molecule has 37 heavy (non-hydrogen) atoms. The maximum Gasteiger partial charge on any atom is 0.161 e. The molecule has 3 N–H and O–H groups in total. The number of nitrogens with one attached hydrogen (secondary N) is 3. The largest absolute Gasteiger partial charge is 0.383 e. The van der Waals surface area contributed by atoms with Crippen molar-refractivity contribution in [3.8, 4) is 11.3 Å².